The van der Waals surface area contributed by atoms with Crippen LogP contribution in [-0.2, 0) is 11.0 Å². The Balaban J connectivity index is 1.90. The average molecular weight is 411 g/mol. The molecule has 0 saturated heterocycles. The third kappa shape index (κ3) is 6.37. The zero-order chi connectivity index (χ0) is 21.4. The molecule has 1 heterocycles. The molecule has 2 rings (SSSR count). The fraction of sp³-hybridized carbons (Fsp3) is 0.316. The van der Waals surface area contributed by atoms with Crippen LogP contribution >= 0.6 is 0 Å². The predicted octanol–water partition coefficient (Wildman–Crippen LogP) is 3.27. The number of ether oxygens (including phenoxy) is 2. The highest BCUT2D eigenvalue weighted by Crippen LogP contribution is 2.36. The Labute approximate surface area is 165 Å². The molecule has 7 nitrogen and oxygen atoms in total. The van der Waals surface area contributed by atoms with Gasteiger partial charge in [-0.1, -0.05) is 6.92 Å². The lowest BCUT2D eigenvalue weighted by Crippen LogP contribution is -2.28. The number of hydrogen-bond donors (Lipinski definition) is 2. The summed E-state index contributed by atoms with van der Waals surface area (Å²) in [4.78, 5) is 27.5. The van der Waals surface area contributed by atoms with E-state index in [4.69, 9.17) is 9.47 Å². The van der Waals surface area contributed by atoms with Crippen LogP contribution in [0.2, 0.25) is 0 Å². The first-order chi connectivity index (χ1) is 13.7. The van der Waals surface area contributed by atoms with Crippen molar-refractivity contribution in [2.45, 2.75) is 19.5 Å². The molecule has 0 fully saturated rings. The number of amides is 2. The van der Waals surface area contributed by atoms with E-state index in [9.17, 15) is 22.8 Å². The highest BCUT2D eigenvalue weighted by Gasteiger charge is 2.31. The first-order valence-corrected chi connectivity index (χ1v) is 8.66. The smallest absolute Gasteiger partial charge is 0.416 e. The summed E-state index contributed by atoms with van der Waals surface area (Å²) in [6.07, 6.45) is -2.81. The lowest BCUT2D eigenvalue weighted by molar-refractivity contribution is -0.137. The molecular weight excluding hydrogens is 391 g/mol. The van der Waals surface area contributed by atoms with Crippen molar-refractivity contribution in [3.05, 3.63) is 47.7 Å². The molecule has 0 saturated carbocycles. The van der Waals surface area contributed by atoms with E-state index in [0.29, 0.717) is 5.56 Å². The summed E-state index contributed by atoms with van der Waals surface area (Å²) in [6, 6.07) is 5.81. The van der Waals surface area contributed by atoms with E-state index < -0.39 is 17.6 Å². The SMILES string of the molecule is CCC(=O)Nc1cc(C(=O)NCCOc2ccc(C(F)(F)F)cc2OC)ccn1. The lowest BCUT2D eigenvalue weighted by Gasteiger charge is -2.14. The minimum atomic E-state index is -4.49. The fourth-order valence-electron chi connectivity index (χ4n) is 2.26. The maximum absolute atomic E-state index is 12.7. The summed E-state index contributed by atoms with van der Waals surface area (Å²) in [5.41, 5.74) is -0.558. The summed E-state index contributed by atoms with van der Waals surface area (Å²) in [5.74, 6) is -0.314. The van der Waals surface area contributed by atoms with Gasteiger partial charge in [0.25, 0.3) is 5.91 Å². The molecule has 156 valence electrons. The van der Waals surface area contributed by atoms with E-state index in [2.05, 4.69) is 15.6 Å². The van der Waals surface area contributed by atoms with Crippen molar-refractivity contribution < 1.29 is 32.2 Å². The van der Waals surface area contributed by atoms with E-state index in [-0.39, 0.29) is 42.8 Å². The number of hydrogen-bond acceptors (Lipinski definition) is 5. The monoisotopic (exact) mass is 411 g/mol. The first kappa shape index (κ1) is 22.0. The summed E-state index contributed by atoms with van der Waals surface area (Å²) in [5, 5.41) is 5.17. The van der Waals surface area contributed by atoms with E-state index in [0.717, 1.165) is 18.2 Å². The second-order valence-electron chi connectivity index (χ2n) is 5.80. The van der Waals surface area contributed by atoms with Crippen LogP contribution in [0.5, 0.6) is 11.5 Å². The molecule has 1 aromatic carbocycles. The van der Waals surface area contributed by atoms with Crippen LogP contribution in [0.4, 0.5) is 19.0 Å². The van der Waals surface area contributed by atoms with Crippen molar-refractivity contribution in [1.29, 1.82) is 0 Å². The number of methoxy groups -OCH3 is 1. The Morgan fingerprint density at radius 2 is 1.90 bits per heavy atom. The molecule has 1 aromatic heterocycles. The zero-order valence-corrected chi connectivity index (χ0v) is 15.8. The van der Waals surface area contributed by atoms with Crippen molar-refractivity contribution in [2.24, 2.45) is 0 Å². The quantitative estimate of drug-likeness (QED) is 0.651. The number of carbonyl (C=O) groups is 2. The molecule has 29 heavy (non-hydrogen) atoms. The number of anilines is 1. The largest absolute Gasteiger partial charge is 0.493 e. The Morgan fingerprint density at radius 3 is 2.55 bits per heavy atom. The van der Waals surface area contributed by atoms with Gasteiger partial charge in [0.15, 0.2) is 11.5 Å². The maximum atomic E-state index is 12.7. The van der Waals surface area contributed by atoms with Gasteiger partial charge in [0.2, 0.25) is 5.91 Å². The number of nitrogens with zero attached hydrogens (tertiary/aromatic N) is 1. The maximum Gasteiger partial charge on any atom is 0.416 e. The highest BCUT2D eigenvalue weighted by molar-refractivity contribution is 5.96. The number of nitrogens with one attached hydrogen (secondary N) is 2. The Morgan fingerprint density at radius 1 is 1.14 bits per heavy atom. The van der Waals surface area contributed by atoms with Gasteiger partial charge in [-0.25, -0.2) is 4.98 Å². The van der Waals surface area contributed by atoms with Crippen molar-refractivity contribution >= 4 is 17.6 Å². The van der Waals surface area contributed by atoms with E-state index in [1.54, 1.807) is 6.92 Å². The van der Waals surface area contributed by atoms with Gasteiger partial charge in [0.05, 0.1) is 19.2 Å². The van der Waals surface area contributed by atoms with Crippen LogP contribution in [0.15, 0.2) is 36.5 Å². The molecule has 2 aromatic rings. The van der Waals surface area contributed by atoms with Gasteiger partial charge < -0.3 is 20.1 Å². The Bertz CT molecular complexity index is 872. The van der Waals surface area contributed by atoms with Crippen LogP contribution in [0.3, 0.4) is 0 Å². The molecule has 0 spiro atoms. The van der Waals surface area contributed by atoms with Gasteiger partial charge in [-0.15, -0.1) is 0 Å². The number of carbonyl (C=O) groups excluding carboxylic acids is 2. The predicted molar refractivity (Wildman–Crippen MR) is 99.0 cm³/mol. The van der Waals surface area contributed by atoms with E-state index >= 15 is 0 Å². The van der Waals surface area contributed by atoms with E-state index in [1.807, 2.05) is 0 Å². The normalized spacial score (nSPS) is 10.9. The minimum Gasteiger partial charge on any atom is -0.493 e. The summed E-state index contributed by atoms with van der Waals surface area (Å²) >= 11 is 0. The molecule has 0 radical (unpaired) electrons. The van der Waals surface area contributed by atoms with Crippen molar-refractivity contribution in [3.63, 3.8) is 0 Å². The van der Waals surface area contributed by atoms with Crippen LogP contribution in [0, 0.1) is 0 Å². The van der Waals surface area contributed by atoms with Crippen molar-refractivity contribution in [2.75, 3.05) is 25.6 Å². The fourth-order valence-corrected chi connectivity index (χ4v) is 2.26. The summed E-state index contributed by atoms with van der Waals surface area (Å²) < 4.78 is 48.5. The third-order valence-corrected chi connectivity index (χ3v) is 3.75. The number of benzene rings is 1. The van der Waals surface area contributed by atoms with Gasteiger partial charge in [-0.05, 0) is 30.3 Å². The van der Waals surface area contributed by atoms with Gasteiger partial charge in [-0.2, -0.15) is 13.2 Å². The summed E-state index contributed by atoms with van der Waals surface area (Å²) in [7, 11) is 1.24. The second kappa shape index (κ2) is 9.76. The molecule has 2 N–H and O–H groups in total. The summed E-state index contributed by atoms with van der Waals surface area (Å²) in [6.45, 7) is 1.80. The number of rotatable bonds is 8. The topological polar surface area (TPSA) is 89.6 Å². The first-order valence-electron chi connectivity index (χ1n) is 8.66. The van der Waals surface area contributed by atoms with Gasteiger partial charge >= 0.3 is 6.18 Å². The molecule has 0 aliphatic carbocycles. The van der Waals surface area contributed by atoms with Crippen LogP contribution in [0.25, 0.3) is 0 Å². The number of halogens is 3. The molecule has 0 bridgehead atoms. The lowest BCUT2D eigenvalue weighted by atomic mass is 10.2. The second-order valence-corrected chi connectivity index (χ2v) is 5.80. The molecule has 10 heteroatoms. The molecular formula is C19H20F3N3O4. The highest BCUT2D eigenvalue weighted by atomic mass is 19.4. The molecule has 0 aliphatic rings. The molecule has 0 unspecified atom stereocenters. The minimum absolute atomic E-state index is 0.0119. The Kier molecular flexibility index (Phi) is 7.40. The van der Waals surface area contributed by atoms with Gasteiger partial charge in [-0.3, -0.25) is 9.59 Å². The molecule has 0 aliphatic heterocycles. The van der Waals surface area contributed by atoms with Crippen LogP contribution in [-0.4, -0.2) is 37.1 Å². The number of alkyl halides is 3. The Hall–Kier alpha value is -3.30. The molecule has 0 atom stereocenters. The van der Waals surface area contributed by atoms with E-state index in [1.165, 1.54) is 25.4 Å². The number of aromatic nitrogens is 1. The van der Waals surface area contributed by atoms with Crippen LogP contribution < -0.4 is 20.1 Å². The van der Waals surface area contributed by atoms with Gasteiger partial charge in [0.1, 0.15) is 12.4 Å². The molecule has 2 amide bonds. The third-order valence-electron chi connectivity index (χ3n) is 3.75. The zero-order valence-electron chi connectivity index (χ0n) is 15.8. The average Bonchev–Trinajstić information content (AvgIpc) is 2.70. The van der Waals surface area contributed by atoms with Gasteiger partial charge in [0, 0.05) is 18.2 Å². The number of pyridine rings is 1. The van der Waals surface area contributed by atoms with Crippen molar-refractivity contribution in [1.82, 2.24) is 10.3 Å². The van der Waals surface area contributed by atoms with Crippen LogP contribution in [0.1, 0.15) is 29.3 Å². The van der Waals surface area contributed by atoms with Crippen molar-refractivity contribution in [3.8, 4) is 11.5 Å². The standard InChI is InChI=1S/C19H20F3N3O4/c1-3-17(26)25-16-10-12(6-7-23-16)18(27)24-8-9-29-14-5-4-13(19(20,21)22)11-15(14)28-2/h4-7,10-11H,3,8-9H2,1-2H3,(H,24,27)(H,23,25,26).